The van der Waals surface area contributed by atoms with Gasteiger partial charge in [0.25, 0.3) is 0 Å². The van der Waals surface area contributed by atoms with Gasteiger partial charge in [-0.25, -0.2) is 8.42 Å². The molecule has 0 atom stereocenters. The summed E-state index contributed by atoms with van der Waals surface area (Å²) < 4.78 is 32.6. The lowest BCUT2D eigenvalue weighted by Crippen LogP contribution is -1.94. The Balaban J connectivity index is 2.68. The highest BCUT2D eigenvalue weighted by Crippen LogP contribution is 2.41. The van der Waals surface area contributed by atoms with Crippen LogP contribution in [0.15, 0.2) is 41.3 Å². The van der Waals surface area contributed by atoms with E-state index in [0.29, 0.717) is 27.6 Å². The van der Waals surface area contributed by atoms with Crippen LogP contribution in [0, 0.1) is 0 Å². The Labute approximate surface area is 123 Å². The van der Waals surface area contributed by atoms with Crippen LogP contribution >= 0.6 is 11.6 Å². The summed E-state index contributed by atoms with van der Waals surface area (Å²) in [4.78, 5) is 0.169. The van der Waals surface area contributed by atoms with Gasteiger partial charge in [-0.1, -0.05) is 23.7 Å². The lowest BCUT2D eigenvalue weighted by molar-refractivity contribution is 0.397. The predicted molar refractivity (Wildman–Crippen MR) is 78.6 cm³/mol. The van der Waals surface area contributed by atoms with Crippen molar-refractivity contribution in [2.75, 3.05) is 14.2 Å². The standard InChI is InChI=1S/C14H13ClO4S/c1-18-12-4-3-5-13(19-2)14(12)10-7-6-9(20(16)17)8-11(10)15/h3-8,20H,1-2H3. The molecular formula is C14H13ClO4S. The summed E-state index contributed by atoms with van der Waals surface area (Å²) in [6, 6.07) is 9.93. The zero-order valence-corrected chi connectivity index (χ0v) is 12.6. The Morgan fingerprint density at radius 2 is 1.60 bits per heavy atom. The normalized spacial score (nSPS) is 10.6. The van der Waals surface area contributed by atoms with Crippen LogP contribution in [0.4, 0.5) is 0 Å². The average molecular weight is 313 g/mol. The molecule has 0 N–H and O–H groups in total. The van der Waals surface area contributed by atoms with E-state index >= 15 is 0 Å². The molecule has 20 heavy (non-hydrogen) atoms. The summed E-state index contributed by atoms with van der Waals surface area (Å²) >= 11 is 6.19. The highest BCUT2D eigenvalue weighted by molar-refractivity contribution is 7.72. The maximum absolute atomic E-state index is 11.0. The fourth-order valence-corrected chi connectivity index (χ4v) is 2.72. The van der Waals surface area contributed by atoms with Crippen molar-refractivity contribution in [2.45, 2.75) is 4.90 Å². The molecule has 0 fully saturated rings. The van der Waals surface area contributed by atoms with E-state index < -0.39 is 10.7 Å². The second kappa shape index (κ2) is 6.15. The molecule has 0 saturated carbocycles. The van der Waals surface area contributed by atoms with E-state index in [-0.39, 0.29) is 4.90 Å². The van der Waals surface area contributed by atoms with Crippen LogP contribution in [-0.4, -0.2) is 22.6 Å². The number of thiol groups is 1. The zero-order chi connectivity index (χ0) is 14.7. The van der Waals surface area contributed by atoms with Gasteiger partial charge in [-0.2, -0.15) is 0 Å². The minimum atomic E-state index is -2.66. The molecule has 0 bridgehead atoms. The van der Waals surface area contributed by atoms with Crippen LogP contribution in [0.3, 0.4) is 0 Å². The molecule has 6 heteroatoms. The quantitative estimate of drug-likeness (QED) is 0.882. The molecule has 0 aromatic heterocycles. The first-order valence-electron chi connectivity index (χ1n) is 5.73. The number of methoxy groups -OCH3 is 2. The van der Waals surface area contributed by atoms with Crippen LogP contribution in [0.1, 0.15) is 0 Å². The Hall–Kier alpha value is -1.72. The fraction of sp³-hybridized carbons (Fsp3) is 0.143. The van der Waals surface area contributed by atoms with Crippen molar-refractivity contribution in [2.24, 2.45) is 0 Å². The molecular weight excluding hydrogens is 300 g/mol. The lowest BCUT2D eigenvalue weighted by Gasteiger charge is -2.14. The summed E-state index contributed by atoms with van der Waals surface area (Å²) in [6.45, 7) is 0. The van der Waals surface area contributed by atoms with Crippen LogP contribution in [0.5, 0.6) is 11.5 Å². The van der Waals surface area contributed by atoms with Crippen molar-refractivity contribution >= 4 is 22.3 Å². The monoisotopic (exact) mass is 312 g/mol. The summed E-state index contributed by atoms with van der Waals surface area (Å²) in [5.74, 6) is 1.20. The highest BCUT2D eigenvalue weighted by atomic mass is 35.5. The van der Waals surface area contributed by atoms with Crippen LogP contribution in [-0.2, 0) is 10.7 Å². The van der Waals surface area contributed by atoms with Crippen LogP contribution in [0.2, 0.25) is 5.02 Å². The molecule has 0 aliphatic rings. The zero-order valence-electron chi connectivity index (χ0n) is 10.9. The van der Waals surface area contributed by atoms with Gasteiger partial charge < -0.3 is 9.47 Å². The van der Waals surface area contributed by atoms with Gasteiger partial charge in [-0.15, -0.1) is 0 Å². The molecule has 0 amide bonds. The van der Waals surface area contributed by atoms with Gasteiger partial charge in [-0.05, 0) is 24.3 Å². The highest BCUT2D eigenvalue weighted by Gasteiger charge is 2.15. The van der Waals surface area contributed by atoms with E-state index in [2.05, 4.69) is 0 Å². The molecule has 2 aromatic carbocycles. The first-order valence-corrected chi connectivity index (χ1v) is 7.29. The number of benzene rings is 2. The van der Waals surface area contributed by atoms with Crippen LogP contribution in [0.25, 0.3) is 11.1 Å². The first kappa shape index (κ1) is 14.7. The topological polar surface area (TPSA) is 52.6 Å². The van der Waals surface area contributed by atoms with Gasteiger partial charge in [-0.3, -0.25) is 0 Å². The number of hydrogen-bond acceptors (Lipinski definition) is 4. The lowest BCUT2D eigenvalue weighted by atomic mass is 10.0. The molecule has 0 spiro atoms. The summed E-state index contributed by atoms with van der Waals surface area (Å²) in [5, 5.41) is 0.324. The van der Waals surface area contributed by atoms with Gasteiger partial charge in [0, 0.05) is 10.6 Å². The van der Waals surface area contributed by atoms with E-state index in [9.17, 15) is 8.42 Å². The largest absolute Gasteiger partial charge is 0.496 e. The van der Waals surface area contributed by atoms with E-state index in [1.54, 1.807) is 38.5 Å². The van der Waals surface area contributed by atoms with Gasteiger partial charge in [0.15, 0.2) is 10.7 Å². The molecule has 106 valence electrons. The molecule has 0 radical (unpaired) electrons. The molecule has 0 aliphatic carbocycles. The smallest absolute Gasteiger partial charge is 0.168 e. The molecule has 0 heterocycles. The number of halogens is 1. The first-order chi connectivity index (χ1) is 9.58. The Bertz CT molecular complexity index is 680. The van der Waals surface area contributed by atoms with Crippen LogP contribution < -0.4 is 9.47 Å². The third-order valence-electron chi connectivity index (χ3n) is 2.86. The third kappa shape index (κ3) is 2.73. The number of ether oxygens (including phenoxy) is 2. The van der Waals surface area contributed by atoms with Crippen molar-refractivity contribution in [3.8, 4) is 22.6 Å². The average Bonchev–Trinajstić information content (AvgIpc) is 2.46. The summed E-state index contributed by atoms with van der Waals surface area (Å²) in [6.07, 6.45) is 0. The van der Waals surface area contributed by atoms with Gasteiger partial charge in [0.05, 0.1) is 24.7 Å². The molecule has 2 rings (SSSR count). The van der Waals surface area contributed by atoms with Crippen molar-refractivity contribution in [1.82, 2.24) is 0 Å². The third-order valence-corrected chi connectivity index (χ3v) is 3.87. The van der Waals surface area contributed by atoms with Crippen molar-refractivity contribution < 1.29 is 17.9 Å². The van der Waals surface area contributed by atoms with E-state index in [0.717, 1.165) is 0 Å². The van der Waals surface area contributed by atoms with Crippen molar-refractivity contribution in [3.63, 3.8) is 0 Å². The van der Waals surface area contributed by atoms with Gasteiger partial charge in [0.1, 0.15) is 11.5 Å². The Morgan fingerprint density at radius 3 is 2.05 bits per heavy atom. The second-order valence-corrected chi connectivity index (χ2v) is 5.40. The molecule has 0 unspecified atom stereocenters. The number of hydrogen-bond donors (Lipinski definition) is 1. The Morgan fingerprint density at radius 1 is 1.00 bits per heavy atom. The van der Waals surface area contributed by atoms with Gasteiger partial charge >= 0.3 is 0 Å². The van der Waals surface area contributed by atoms with E-state index in [4.69, 9.17) is 21.1 Å². The fourth-order valence-electron chi connectivity index (χ4n) is 1.94. The van der Waals surface area contributed by atoms with Crippen molar-refractivity contribution in [3.05, 3.63) is 41.4 Å². The van der Waals surface area contributed by atoms with E-state index in [1.807, 2.05) is 0 Å². The maximum atomic E-state index is 11.0. The minimum absolute atomic E-state index is 0.169. The van der Waals surface area contributed by atoms with Crippen molar-refractivity contribution in [1.29, 1.82) is 0 Å². The SMILES string of the molecule is COc1cccc(OC)c1-c1ccc([SH](=O)=O)cc1Cl. The number of rotatable bonds is 4. The molecule has 0 aliphatic heterocycles. The van der Waals surface area contributed by atoms with E-state index in [1.165, 1.54) is 12.1 Å². The Kier molecular flexibility index (Phi) is 4.52. The second-order valence-electron chi connectivity index (χ2n) is 3.96. The maximum Gasteiger partial charge on any atom is 0.168 e. The predicted octanol–water partition coefficient (Wildman–Crippen LogP) is 2.99. The molecule has 4 nitrogen and oxygen atoms in total. The van der Waals surface area contributed by atoms with Gasteiger partial charge in [0.2, 0.25) is 0 Å². The molecule has 2 aromatic rings. The summed E-state index contributed by atoms with van der Waals surface area (Å²) in [7, 11) is 0.439. The summed E-state index contributed by atoms with van der Waals surface area (Å²) in [5.41, 5.74) is 1.34. The molecule has 0 saturated heterocycles. The minimum Gasteiger partial charge on any atom is -0.496 e.